The van der Waals surface area contributed by atoms with E-state index >= 15 is 0 Å². The fourth-order valence-corrected chi connectivity index (χ4v) is 3.58. The van der Waals surface area contributed by atoms with Gasteiger partial charge in [0.2, 0.25) is 0 Å². The second kappa shape index (κ2) is 7.26. The number of nitrogens with zero attached hydrogens (tertiary/aromatic N) is 3. The molecule has 0 aromatic heterocycles. The molecule has 0 radical (unpaired) electrons. The van der Waals surface area contributed by atoms with Gasteiger partial charge in [-0.15, -0.1) is 0 Å². The van der Waals surface area contributed by atoms with E-state index in [2.05, 4.69) is 27.9 Å². The molecule has 2 aliphatic heterocycles. The molecule has 0 saturated carbocycles. The third-order valence-corrected chi connectivity index (χ3v) is 5.29. The first kappa shape index (κ1) is 17.3. The Bertz CT molecular complexity index is 975. The van der Waals surface area contributed by atoms with Gasteiger partial charge in [0.25, 0.3) is 5.03 Å². The van der Waals surface area contributed by atoms with Gasteiger partial charge in [-0.25, -0.2) is 9.38 Å². The number of benzene rings is 2. The summed E-state index contributed by atoms with van der Waals surface area (Å²) in [5.74, 6) is -0.208. The maximum atomic E-state index is 14.8. The van der Waals surface area contributed by atoms with Crippen molar-refractivity contribution < 1.29 is 4.39 Å². The minimum atomic E-state index is -0.208. The molecular formula is C21H20ClFN3+. The summed E-state index contributed by atoms with van der Waals surface area (Å²) >= 11 is 6.20. The Morgan fingerprint density at radius 3 is 2.69 bits per heavy atom. The zero-order valence-corrected chi connectivity index (χ0v) is 15.4. The van der Waals surface area contributed by atoms with E-state index in [1.807, 2.05) is 30.3 Å². The zero-order valence-electron chi connectivity index (χ0n) is 14.7. The summed E-state index contributed by atoms with van der Waals surface area (Å²) in [5.41, 5.74) is 2.38. The van der Waals surface area contributed by atoms with Crippen LogP contribution in [0.25, 0.3) is 16.2 Å². The first-order valence-electron chi connectivity index (χ1n) is 8.76. The van der Waals surface area contributed by atoms with E-state index in [0.29, 0.717) is 10.6 Å². The maximum absolute atomic E-state index is 14.8. The molecule has 1 saturated heterocycles. The first-order chi connectivity index (χ1) is 12.6. The van der Waals surface area contributed by atoms with Crippen LogP contribution in [0.2, 0.25) is 0 Å². The minimum absolute atomic E-state index is 0.208. The van der Waals surface area contributed by atoms with Gasteiger partial charge >= 0.3 is 0 Å². The van der Waals surface area contributed by atoms with Crippen molar-refractivity contribution in [1.82, 2.24) is 9.80 Å². The molecule has 0 amide bonds. The molecule has 1 fully saturated rings. The molecule has 0 aliphatic carbocycles. The normalized spacial score (nSPS) is 17.6. The van der Waals surface area contributed by atoms with Crippen LogP contribution in [0.3, 0.4) is 0 Å². The van der Waals surface area contributed by atoms with Crippen molar-refractivity contribution in [2.45, 2.75) is 6.54 Å². The molecule has 2 aromatic rings. The van der Waals surface area contributed by atoms with Gasteiger partial charge in [0.1, 0.15) is 11.9 Å². The van der Waals surface area contributed by atoms with Crippen LogP contribution in [-0.2, 0) is 6.54 Å². The Morgan fingerprint density at radius 2 is 1.92 bits per heavy atom. The van der Waals surface area contributed by atoms with Crippen molar-refractivity contribution in [3.8, 4) is 11.1 Å². The van der Waals surface area contributed by atoms with Crippen LogP contribution in [-0.4, -0.2) is 43.0 Å². The molecule has 2 heterocycles. The van der Waals surface area contributed by atoms with E-state index < -0.39 is 0 Å². The van der Waals surface area contributed by atoms with Crippen LogP contribution in [0.15, 0.2) is 47.6 Å². The quantitative estimate of drug-likeness (QED) is 0.775. The average molecular weight is 369 g/mol. The maximum Gasteiger partial charge on any atom is 0.273 e. The molecule has 3 nitrogen and oxygen atoms in total. The van der Waals surface area contributed by atoms with Gasteiger partial charge in [-0.3, -0.25) is 4.90 Å². The topological polar surface area (TPSA) is 18.8 Å². The van der Waals surface area contributed by atoms with Crippen LogP contribution >= 0.6 is 11.6 Å². The van der Waals surface area contributed by atoms with E-state index in [1.54, 1.807) is 12.3 Å². The smallest absolute Gasteiger partial charge is 0.273 e. The lowest BCUT2D eigenvalue weighted by Gasteiger charge is -2.32. The Morgan fingerprint density at radius 1 is 1.12 bits per heavy atom. The highest BCUT2D eigenvalue weighted by molar-refractivity contribution is 6.46. The number of hydrogen-bond donors (Lipinski definition) is 0. The SMILES string of the molecule is CN1CCN(Cc2ccc(-c3ccc4c(c3)=C(Cl)[C+]=CN=4)c(F)c2)CC1. The van der Waals surface area contributed by atoms with Crippen LogP contribution < -0.4 is 10.6 Å². The molecule has 0 unspecified atom stereocenters. The van der Waals surface area contributed by atoms with E-state index in [-0.39, 0.29) is 5.82 Å². The van der Waals surface area contributed by atoms with Crippen molar-refractivity contribution in [1.29, 1.82) is 0 Å². The van der Waals surface area contributed by atoms with Crippen molar-refractivity contribution in [2.75, 3.05) is 33.2 Å². The predicted molar refractivity (Wildman–Crippen MR) is 102 cm³/mol. The lowest BCUT2D eigenvalue weighted by molar-refractivity contribution is 0.148. The summed E-state index contributed by atoms with van der Waals surface area (Å²) in [4.78, 5) is 8.92. The van der Waals surface area contributed by atoms with E-state index in [9.17, 15) is 4.39 Å². The summed E-state index contributed by atoms with van der Waals surface area (Å²) in [6.07, 6.45) is 4.43. The highest BCUT2D eigenvalue weighted by Crippen LogP contribution is 2.23. The van der Waals surface area contributed by atoms with Crippen LogP contribution in [0.4, 0.5) is 4.39 Å². The second-order valence-electron chi connectivity index (χ2n) is 6.84. The van der Waals surface area contributed by atoms with E-state index in [4.69, 9.17) is 11.6 Å². The largest absolute Gasteiger partial charge is 0.304 e. The number of likely N-dealkylation sites (N-methyl/N-ethyl adjacent to an activating group) is 1. The Hall–Kier alpha value is -2.10. The second-order valence-corrected chi connectivity index (χ2v) is 7.22. The van der Waals surface area contributed by atoms with Crippen molar-refractivity contribution in [3.05, 3.63) is 70.6 Å². The molecule has 0 spiro atoms. The summed E-state index contributed by atoms with van der Waals surface area (Å²) in [6.45, 7) is 4.94. The molecule has 132 valence electrons. The molecule has 2 aliphatic rings. The number of allylic oxidation sites excluding steroid dienone is 1. The Balaban J connectivity index is 1.60. The molecule has 4 rings (SSSR count). The molecule has 26 heavy (non-hydrogen) atoms. The molecule has 0 atom stereocenters. The van der Waals surface area contributed by atoms with E-state index in [0.717, 1.165) is 54.4 Å². The van der Waals surface area contributed by atoms with Crippen molar-refractivity contribution in [2.24, 2.45) is 4.99 Å². The number of fused-ring (bicyclic) bond motifs is 1. The number of halogens is 2. The fraction of sp³-hybridized carbons (Fsp3) is 0.286. The molecule has 0 N–H and O–H groups in total. The summed E-state index contributed by atoms with van der Waals surface area (Å²) in [7, 11) is 2.13. The lowest BCUT2D eigenvalue weighted by atomic mass is 10.0. The van der Waals surface area contributed by atoms with Gasteiger partial charge in [0.15, 0.2) is 16.8 Å². The van der Waals surface area contributed by atoms with Crippen LogP contribution in [0, 0.1) is 11.9 Å². The van der Waals surface area contributed by atoms with Gasteiger partial charge in [0, 0.05) is 49.9 Å². The Kier molecular flexibility index (Phi) is 4.84. The van der Waals surface area contributed by atoms with Gasteiger partial charge < -0.3 is 4.90 Å². The van der Waals surface area contributed by atoms with Crippen molar-refractivity contribution in [3.63, 3.8) is 0 Å². The number of hydrogen-bond acceptors (Lipinski definition) is 3. The minimum Gasteiger partial charge on any atom is -0.304 e. The van der Waals surface area contributed by atoms with Gasteiger partial charge in [-0.2, -0.15) is 0 Å². The van der Waals surface area contributed by atoms with Gasteiger partial charge in [-0.1, -0.05) is 12.1 Å². The summed E-state index contributed by atoms with van der Waals surface area (Å²) in [5, 5.41) is 2.07. The number of piperazine rings is 1. The average Bonchev–Trinajstić information content (AvgIpc) is 2.64. The summed E-state index contributed by atoms with van der Waals surface area (Å²) in [6, 6.07) is 11.1. The standard InChI is InChI=1S/C21H20ClFN3/c1-25-8-10-26(11-9-25)14-15-2-4-17(20(23)12-15)16-3-5-21-18(13-16)19(22)6-7-24-21/h2-5,7,12-13H,8-11,14H2,1H3/q+1. The Labute approximate surface area is 157 Å². The molecule has 5 heteroatoms. The lowest BCUT2D eigenvalue weighted by Crippen LogP contribution is -2.43. The highest BCUT2D eigenvalue weighted by atomic mass is 35.5. The monoisotopic (exact) mass is 368 g/mol. The van der Waals surface area contributed by atoms with Gasteiger partial charge in [0.05, 0.1) is 0 Å². The fourth-order valence-electron chi connectivity index (χ4n) is 3.38. The predicted octanol–water partition coefficient (Wildman–Crippen LogP) is 2.54. The van der Waals surface area contributed by atoms with Gasteiger partial charge in [-0.05, 0) is 42.4 Å². The summed E-state index contributed by atoms with van der Waals surface area (Å²) < 4.78 is 14.8. The number of rotatable bonds is 3. The molecular weight excluding hydrogens is 349 g/mol. The third-order valence-electron chi connectivity index (χ3n) is 4.97. The third kappa shape index (κ3) is 3.55. The van der Waals surface area contributed by atoms with E-state index in [1.165, 1.54) is 0 Å². The molecule has 2 aromatic carbocycles. The van der Waals surface area contributed by atoms with Crippen LogP contribution in [0.5, 0.6) is 0 Å². The first-order valence-corrected chi connectivity index (χ1v) is 9.13. The zero-order chi connectivity index (χ0) is 18.1. The highest BCUT2D eigenvalue weighted by Gasteiger charge is 2.16. The van der Waals surface area contributed by atoms with Crippen LogP contribution in [0.1, 0.15) is 5.56 Å². The van der Waals surface area contributed by atoms with Crippen molar-refractivity contribution >= 4 is 16.6 Å². The molecule has 0 bridgehead atoms.